The predicted molar refractivity (Wildman–Crippen MR) is 136 cm³/mol. The summed E-state index contributed by atoms with van der Waals surface area (Å²) in [6.45, 7) is 17.9. The molecule has 0 heterocycles. The van der Waals surface area contributed by atoms with Crippen molar-refractivity contribution in [2.75, 3.05) is 0 Å². The van der Waals surface area contributed by atoms with Crippen molar-refractivity contribution in [2.45, 2.75) is 118 Å². The highest BCUT2D eigenvalue weighted by Gasteiger charge is 2.47. The van der Waals surface area contributed by atoms with Gasteiger partial charge in [0.15, 0.2) is 0 Å². The molecule has 32 heavy (non-hydrogen) atoms. The Morgan fingerprint density at radius 1 is 0.688 bits per heavy atom. The molecule has 8 unspecified atom stereocenters. The molecule has 0 saturated heterocycles. The van der Waals surface area contributed by atoms with Crippen molar-refractivity contribution in [1.82, 2.24) is 0 Å². The first-order valence-electron chi connectivity index (χ1n) is 13.6. The molecule has 2 saturated carbocycles. The average molecular weight is 445 g/mol. The Morgan fingerprint density at radius 3 is 1.34 bits per heavy atom. The Labute approximate surface area is 199 Å². The summed E-state index contributed by atoms with van der Waals surface area (Å²) < 4.78 is 0. The molecular weight excluding hydrogens is 392 g/mol. The van der Waals surface area contributed by atoms with Crippen molar-refractivity contribution in [3.05, 3.63) is 23.3 Å². The van der Waals surface area contributed by atoms with Gasteiger partial charge in [-0.05, 0) is 126 Å². The summed E-state index contributed by atoms with van der Waals surface area (Å²) in [5.41, 5.74) is 2.22. The molecule has 2 heteroatoms. The fourth-order valence-electron chi connectivity index (χ4n) is 7.73. The molecule has 184 valence electrons. The van der Waals surface area contributed by atoms with Crippen molar-refractivity contribution in [3.63, 3.8) is 0 Å². The van der Waals surface area contributed by atoms with E-state index in [1.807, 2.05) is 0 Å². The Bertz CT molecular complexity index is 636. The van der Waals surface area contributed by atoms with Crippen LogP contribution < -0.4 is 0 Å². The van der Waals surface area contributed by atoms with Crippen LogP contribution >= 0.6 is 0 Å². The number of rotatable bonds is 2. The van der Waals surface area contributed by atoms with Gasteiger partial charge in [0.25, 0.3) is 0 Å². The van der Waals surface area contributed by atoms with Crippen molar-refractivity contribution >= 4 is 0 Å². The molecule has 0 aromatic carbocycles. The number of allylic oxidation sites excluding steroid dienone is 4. The standard InChI is InChI=1S/2C15H26O/c2*1-10(2)12-7-8-15(4,16)14-6-5-11(3)9-13(12)14/h2*9-10,12-14,16H,5-8H2,1-4H3. The normalized spacial score (nSPS) is 44.1. The van der Waals surface area contributed by atoms with E-state index in [0.29, 0.717) is 23.7 Å². The zero-order valence-corrected chi connectivity index (χ0v) is 22.3. The van der Waals surface area contributed by atoms with Crippen molar-refractivity contribution in [1.29, 1.82) is 0 Å². The van der Waals surface area contributed by atoms with E-state index >= 15 is 0 Å². The van der Waals surface area contributed by atoms with Crippen LogP contribution in [0.5, 0.6) is 0 Å². The molecule has 0 radical (unpaired) electrons. The van der Waals surface area contributed by atoms with E-state index in [9.17, 15) is 10.2 Å². The number of aliphatic hydroxyl groups is 2. The molecule has 0 bridgehead atoms. The fraction of sp³-hybridized carbons (Fsp3) is 0.867. The van der Waals surface area contributed by atoms with Crippen LogP contribution in [0.2, 0.25) is 0 Å². The summed E-state index contributed by atoms with van der Waals surface area (Å²) >= 11 is 0. The molecule has 0 amide bonds. The van der Waals surface area contributed by atoms with Gasteiger partial charge < -0.3 is 10.2 Å². The quantitative estimate of drug-likeness (QED) is 0.432. The molecule has 2 N–H and O–H groups in total. The lowest BCUT2D eigenvalue weighted by Crippen LogP contribution is -2.48. The second kappa shape index (κ2) is 9.95. The molecule has 0 spiro atoms. The van der Waals surface area contributed by atoms with Crippen LogP contribution in [0.1, 0.15) is 107 Å². The number of fused-ring (bicyclic) bond motifs is 2. The highest BCUT2D eigenvalue weighted by molar-refractivity contribution is 5.14. The minimum absolute atomic E-state index is 0.423. The van der Waals surface area contributed by atoms with E-state index in [0.717, 1.165) is 36.5 Å². The molecule has 2 nitrogen and oxygen atoms in total. The third kappa shape index (κ3) is 5.54. The van der Waals surface area contributed by atoms with E-state index in [-0.39, 0.29) is 0 Å². The topological polar surface area (TPSA) is 40.5 Å². The molecular formula is C30H52O2. The van der Waals surface area contributed by atoms with Crippen LogP contribution in [0.4, 0.5) is 0 Å². The first-order chi connectivity index (χ1) is 14.8. The number of hydrogen-bond acceptors (Lipinski definition) is 2. The van der Waals surface area contributed by atoms with Crippen LogP contribution in [-0.2, 0) is 0 Å². The lowest BCUT2D eigenvalue weighted by atomic mass is 9.58. The van der Waals surface area contributed by atoms with E-state index < -0.39 is 11.2 Å². The van der Waals surface area contributed by atoms with Crippen molar-refractivity contribution in [2.24, 2.45) is 47.3 Å². The van der Waals surface area contributed by atoms with Gasteiger partial charge >= 0.3 is 0 Å². The summed E-state index contributed by atoms with van der Waals surface area (Å²) in [7, 11) is 0. The Morgan fingerprint density at radius 2 is 1.03 bits per heavy atom. The van der Waals surface area contributed by atoms with Gasteiger partial charge in [-0.25, -0.2) is 0 Å². The third-order valence-corrected chi connectivity index (χ3v) is 9.85. The Hall–Kier alpha value is -0.600. The summed E-state index contributed by atoms with van der Waals surface area (Å²) in [5, 5.41) is 21.1. The van der Waals surface area contributed by atoms with Crippen LogP contribution in [0.15, 0.2) is 23.3 Å². The van der Waals surface area contributed by atoms with Gasteiger partial charge in [0, 0.05) is 0 Å². The highest BCUT2D eigenvalue weighted by atomic mass is 16.3. The van der Waals surface area contributed by atoms with Crippen LogP contribution in [0.3, 0.4) is 0 Å². The van der Waals surface area contributed by atoms with Gasteiger partial charge in [0.1, 0.15) is 0 Å². The lowest BCUT2D eigenvalue weighted by molar-refractivity contribution is -0.0810. The van der Waals surface area contributed by atoms with Gasteiger partial charge in [-0.3, -0.25) is 0 Å². The van der Waals surface area contributed by atoms with Gasteiger partial charge in [-0.2, -0.15) is 0 Å². The van der Waals surface area contributed by atoms with Crippen LogP contribution in [0, 0.1) is 47.3 Å². The molecule has 4 rings (SSSR count). The van der Waals surface area contributed by atoms with E-state index in [2.05, 4.69) is 67.5 Å². The first kappa shape index (κ1) is 26.0. The summed E-state index contributed by atoms with van der Waals surface area (Å²) in [6.07, 6.45) is 14.0. The number of hydrogen-bond donors (Lipinski definition) is 2. The zero-order valence-electron chi connectivity index (χ0n) is 22.3. The molecule has 2 fully saturated rings. The lowest BCUT2D eigenvalue weighted by Gasteiger charge is -2.49. The Kier molecular flexibility index (Phi) is 8.08. The van der Waals surface area contributed by atoms with E-state index in [1.165, 1.54) is 49.7 Å². The maximum Gasteiger partial charge on any atom is 0.0653 e. The molecule has 0 aromatic rings. The molecule has 8 atom stereocenters. The highest BCUT2D eigenvalue weighted by Crippen LogP contribution is 2.50. The minimum atomic E-state index is -0.423. The second-order valence-electron chi connectivity index (χ2n) is 13.1. The largest absolute Gasteiger partial charge is 0.390 e. The Balaban J connectivity index is 0.000000181. The third-order valence-electron chi connectivity index (χ3n) is 9.85. The molecule has 4 aliphatic rings. The van der Waals surface area contributed by atoms with E-state index in [4.69, 9.17) is 0 Å². The van der Waals surface area contributed by atoms with Gasteiger partial charge in [-0.1, -0.05) is 51.0 Å². The summed E-state index contributed by atoms with van der Waals surface area (Å²) in [5.74, 6) is 5.28. The summed E-state index contributed by atoms with van der Waals surface area (Å²) in [6, 6.07) is 0. The van der Waals surface area contributed by atoms with E-state index in [1.54, 1.807) is 0 Å². The second-order valence-corrected chi connectivity index (χ2v) is 13.1. The SMILES string of the molecule is CC1=CC2C(C(C)C)CCC(C)(O)C2CC1.CC1=CC2C(C(C)C)CCC(C)(O)C2CC1. The first-order valence-corrected chi connectivity index (χ1v) is 13.6. The predicted octanol–water partition coefficient (Wildman–Crippen LogP) is 7.55. The maximum atomic E-state index is 10.5. The minimum Gasteiger partial charge on any atom is -0.390 e. The van der Waals surface area contributed by atoms with Gasteiger partial charge in [0.2, 0.25) is 0 Å². The van der Waals surface area contributed by atoms with Crippen LogP contribution in [-0.4, -0.2) is 21.4 Å². The van der Waals surface area contributed by atoms with Gasteiger partial charge in [-0.15, -0.1) is 0 Å². The maximum absolute atomic E-state index is 10.5. The smallest absolute Gasteiger partial charge is 0.0653 e. The average Bonchev–Trinajstić information content (AvgIpc) is 2.67. The van der Waals surface area contributed by atoms with Crippen molar-refractivity contribution in [3.8, 4) is 0 Å². The van der Waals surface area contributed by atoms with Gasteiger partial charge in [0.05, 0.1) is 11.2 Å². The molecule has 4 aliphatic carbocycles. The van der Waals surface area contributed by atoms with Crippen LogP contribution in [0.25, 0.3) is 0 Å². The fourth-order valence-corrected chi connectivity index (χ4v) is 7.73. The monoisotopic (exact) mass is 444 g/mol. The zero-order chi connectivity index (χ0) is 23.8. The summed E-state index contributed by atoms with van der Waals surface area (Å²) in [4.78, 5) is 0. The molecule has 0 aliphatic heterocycles. The van der Waals surface area contributed by atoms with Crippen molar-refractivity contribution < 1.29 is 10.2 Å². The molecule has 0 aromatic heterocycles.